The number of halogens is 1. The number of rotatable bonds is 2. The first kappa shape index (κ1) is 11.9. The summed E-state index contributed by atoms with van der Waals surface area (Å²) in [6.07, 6.45) is 2.43. The molecule has 98 valence electrons. The SMILES string of the molecule is NS(=O)(=O)C[C@H]1CC2(CC2)Oc2cc(F)ccc21. The number of benzene rings is 1. The van der Waals surface area contributed by atoms with E-state index in [1.54, 1.807) is 6.07 Å². The van der Waals surface area contributed by atoms with Gasteiger partial charge in [-0.15, -0.1) is 0 Å². The Labute approximate surface area is 105 Å². The zero-order valence-corrected chi connectivity index (χ0v) is 10.5. The summed E-state index contributed by atoms with van der Waals surface area (Å²) in [5, 5.41) is 5.12. The number of nitrogens with two attached hydrogens (primary N) is 1. The highest BCUT2D eigenvalue weighted by atomic mass is 32.2. The molecule has 1 aliphatic carbocycles. The van der Waals surface area contributed by atoms with Crippen LogP contribution >= 0.6 is 0 Å². The fourth-order valence-corrected chi connectivity index (χ4v) is 3.50. The second-order valence-electron chi connectivity index (χ2n) is 5.20. The first-order valence-electron chi connectivity index (χ1n) is 5.86. The van der Waals surface area contributed by atoms with E-state index in [9.17, 15) is 12.8 Å². The van der Waals surface area contributed by atoms with Crippen LogP contribution < -0.4 is 9.88 Å². The molecule has 0 radical (unpaired) electrons. The van der Waals surface area contributed by atoms with Crippen molar-refractivity contribution in [2.24, 2.45) is 5.14 Å². The first-order chi connectivity index (χ1) is 8.37. The lowest BCUT2D eigenvalue weighted by atomic mass is 9.90. The van der Waals surface area contributed by atoms with Crippen LogP contribution in [0.3, 0.4) is 0 Å². The van der Waals surface area contributed by atoms with Crippen LogP contribution in [-0.4, -0.2) is 19.8 Å². The van der Waals surface area contributed by atoms with Gasteiger partial charge in [0, 0.05) is 12.0 Å². The van der Waals surface area contributed by atoms with Crippen molar-refractivity contribution >= 4 is 10.0 Å². The molecule has 1 heterocycles. The van der Waals surface area contributed by atoms with Gasteiger partial charge in [-0.2, -0.15) is 0 Å². The van der Waals surface area contributed by atoms with Crippen LogP contribution in [0.4, 0.5) is 4.39 Å². The van der Waals surface area contributed by atoms with Crippen molar-refractivity contribution in [2.45, 2.75) is 30.8 Å². The number of ether oxygens (including phenoxy) is 1. The van der Waals surface area contributed by atoms with Gasteiger partial charge in [0.25, 0.3) is 0 Å². The summed E-state index contributed by atoms with van der Waals surface area (Å²) in [5.41, 5.74) is 0.457. The average molecular weight is 271 g/mol. The smallest absolute Gasteiger partial charge is 0.209 e. The zero-order valence-electron chi connectivity index (χ0n) is 9.73. The molecule has 2 aliphatic rings. The third kappa shape index (κ3) is 2.22. The van der Waals surface area contributed by atoms with Crippen LogP contribution in [0.1, 0.15) is 30.7 Å². The number of fused-ring (bicyclic) bond motifs is 1. The quantitative estimate of drug-likeness (QED) is 0.886. The largest absolute Gasteiger partial charge is 0.487 e. The fraction of sp³-hybridized carbons (Fsp3) is 0.500. The fourth-order valence-electron chi connectivity index (χ4n) is 2.64. The van der Waals surface area contributed by atoms with E-state index in [0.717, 1.165) is 18.4 Å². The lowest BCUT2D eigenvalue weighted by Crippen LogP contribution is -2.32. The third-order valence-electron chi connectivity index (χ3n) is 3.60. The Kier molecular flexibility index (Phi) is 2.44. The van der Waals surface area contributed by atoms with Crippen molar-refractivity contribution in [1.82, 2.24) is 0 Å². The Morgan fingerprint density at radius 3 is 2.78 bits per heavy atom. The predicted octanol–water partition coefficient (Wildman–Crippen LogP) is 1.51. The molecule has 3 rings (SSSR count). The van der Waals surface area contributed by atoms with E-state index in [1.807, 2.05) is 0 Å². The molecule has 18 heavy (non-hydrogen) atoms. The van der Waals surface area contributed by atoms with Gasteiger partial charge in [0.15, 0.2) is 0 Å². The standard InChI is InChI=1S/C12H14FNO3S/c13-9-1-2-10-8(7-18(14,15)16)6-12(3-4-12)17-11(10)5-9/h1-2,5,8H,3-4,6-7H2,(H2,14,15,16)/t8-/m1/s1. The van der Waals surface area contributed by atoms with E-state index in [-0.39, 0.29) is 23.1 Å². The lowest BCUT2D eigenvalue weighted by Gasteiger charge is -2.32. The molecule has 1 saturated carbocycles. The second-order valence-corrected chi connectivity index (χ2v) is 6.86. The van der Waals surface area contributed by atoms with E-state index < -0.39 is 10.0 Å². The average Bonchev–Trinajstić information content (AvgIpc) is 2.94. The minimum absolute atomic E-state index is 0.114. The van der Waals surface area contributed by atoms with Gasteiger partial charge in [0.1, 0.15) is 17.2 Å². The first-order valence-corrected chi connectivity index (χ1v) is 7.57. The molecular weight excluding hydrogens is 257 g/mol. The number of hydrogen-bond donors (Lipinski definition) is 1. The van der Waals surface area contributed by atoms with Crippen LogP contribution in [0, 0.1) is 5.82 Å². The van der Waals surface area contributed by atoms with Crippen molar-refractivity contribution < 1.29 is 17.5 Å². The Hall–Kier alpha value is -1.14. The summed E-state index contributed by atoms with van der Waals surface area (Å²) >= 11 is 0. The van der Waals surface area contributed by atoms with Crippen molar-refractivity contribution in [2.75, 3.05) is 5.75 Å². The zero-order chi connectivity index (χ0) is 13.0. The summed E-state index contributed by atoms with van der Waals surface area (Å²) in [6, 6.07) is 4.24. The van der Waals surface area contributed by atoms with Crippen LogP contribution in [-0.2, 0) is 10.0 Å². The van der Waals surface area contributed by atoms with Crippen molar-refractivity contribution in [3.63, 3.8) is 0 Å². The highest BCUT2D eigenvalue weighted by Gasteiger charge is 2.51. The molecule has 6 heteroatoms. The van der Waals surface area contributed by atoms with Crippen LogP contribution in [0.25, 0.3) is 0 Å². The maximum atomic E-state index is 13.2. The lowest BCUT2D eigenvalue weighted by molar-refractivity contribution is 0.138. The second kappa shape index (κ2) is 3.68. The van der Waals surface area contributed by atoms with Gasteiger partial charge < -0.3 is 4.74 Å². The molecule has 0 bridgehead atoms. The van der Waals surface area contributed by atoms with Gasteiger partial charge in [-0.05, 0) is 30.9 Å². The maximum absolute atomic E-state index is 13.2. The van der Waals surface area contributed by atoms with Gasteiger partial charge in [0.2, 0.25) is 10.0 Å². The molecule has 0 unspecified atom stereocenters. The summed E-state index contributed by atoms with van der Waals surface area (Å²) in [4.78, 5) is 0. The van der Waals surface area contributed by atoms with E-state index >= 15 is 0 Å². The molecule has 1 aromatic rings. The van der Waals surface area contributed by atoms with Crippen LogP contribution in [0.15, 0.2) is 18.2 Å². The molecule has 0 aromatic heterocycles. The molecule has 1 aromatic carbocycles. The number of primary sulfonamides is 1. The molecule has 0 amide bonds. The summed E-state index contributed by atoms with van der Waals surface area (Å²) < 4.78 is 41.5. The predicted molar refractivity (Wildman–Crippen MR) is 64.3 cm³/mol. The Morgan fingerprint density at radius 2 is 2.17 bits per heavy atom. The molecule has 1 spiro atoms. The minimum Gasteiger partial charge on any atom is -0.487 e. The van der Waals surface area contributed by atoms with Crippen molar-refractivity contribution in [3.05, 3.63) is 29.6 Å². The number of hydrogen-bond acceptors (Lipinski definition) is 3. The molecule has 0 saturated heterocycles. The highest BCUT2D eigenvalue weighted by Crippen LogP contribution is 2.52. The van der Waals surface area contributed by atoms with E-state index in [2.05, 4.69) is 0 Å². The topological polar surface area (TPSA) is 69.4 Å². The van der Waals surface area contributed by atoms with Gasteiger partial charge in [-0.1, -0.05) is 6.07 Å². The van der Waals surface area contributed by atoms with Crippen LogP contribution in [0.5, 0.6) is 5.75 Å². The van der Waals surface area contributed by atoms with E-state index in [0.29, 0.717) is 12.2 Å². The van der Waals surface area contributed by atoms with Crippen molar-refractivity contribution in [3.8, 4) is 5.75 Å². The van der Waals surface area contributed by atoms with Gasteiger partial charge in [-0.3, -0.25) is 0 Å². The normalized spacial score (nSPS) is 24.4. The molecule has 1 fully saturated rings. The van der Waals surface area contributed by atoms with Gasteiger partial charge in [0.05, 0.1) is 5.75 Å². The van der Waals surface area contributed by atoms with Gasteiger partial charge >= 0.3 is 0 Å². The third-order valence-corrected chi connectivity index (χ3v) is 4.47. The molecule has 4 nitrogen and oxygen atoms in total. The summed E-state index contributed by atoms with van der Waals surface area (Å²) in [5.74, 6) is -0.225. The molecule has 1 atom stereocenters. The number of sulfonamides is 1. The van der Waals surface area contributed by atoms with E-state index in [1.165, 1.54) is 12.1 Å². The Balaban J connectivity index is 2.00. The summed E-state index contributed by atoms with van der Waals surface area (Å²) in [7, 11) is -3.55. The van der Waals surface area contributed by atoms with E-state index in [4.69, 9.17) is 9.88 Å². The Bertz CT molecular complexity index is 595. The highest BCUT2D eigenvalue weighted by molar-refractivity contribution is 7.89. The molecule has 2 N–H and O–H groups in total. The minimum atomic E-state index is -3.55. The molecule has 1 aliphatic heterocycles. The molecular formula is C12H14FNO3S. The monoisotopic (exact) mass is 271 g/mol. The van der Waals surface area contributed by atoms with Gasteiger partial charge in [-0.25, -0.2) is 17.9 Å². The summed E-state index contributed by atoms with van der Waals surface area (Å²) in [6.45, 7) is 0. The van der Waals surface area contributed by atoms with Crippen LogP contribution in [0.2, 0.25) is 0 Å². The van der Waals surface area contributed by atoms with Crippen molar-refractivity contribution in [1.29, 1.82) is 0 Å². The maximum Gasteiger partial charge on any atom is 0.209 e. The Morgan fingerprint density at radius 1 is 1.44 bits per heavy atom.